The Morgan fingerprint density at radius 1 is 0.707 bits per heavy atom. The molecule has 9 nitrogen and oxygen atoms in total. The lowest BCUT2D eigenvalue weighted by molar-refractivity contribution is -0.141. The molecule has 1 aliphatic rings. The number of amides is 2. The topological polar surface area (TPSA) is 128 Å². The van der Waals surface area contributed by atoms with E-state index in [0.29, 0.717) is 70.9 Å². The minimum Gasteiger partial charge on any atom is -0.481 e. The quantitative estimate of drug-likeness (QED) is 0.206. The molecule has 2 aromatic carbocycles. The molecule has 0 bridgehead atoms. The van der Waals surface area contributed by atoms with Crippen LogP contribution in [0.15, 0.2) is 60.7 Å². The van der Waals surface area contributed by atoms with Gasteiger partial charge >= 0.3 is 18.0 Å². The van der Waals surface area contributed by atoms with Crippen LogP contribution in [0.2, 0.25) is 0 Å². The number of hydrogen-bond donors (Lipinski definition) is 3. The standard InChI is InChI=1S/C32H44N2O7/c1-41-29(37)19-11-5-13-21-34-27(23-25-16-8-3-9-17-25)31(39)30(38)26(22-24-14-6-2-7-15-24)33(32(34)40)20-12-4-10-18-28(35)36/h2-3,6-9,14-17,26-27,30-31,38-39H,4-5,10-13,18-23H2,1H3,(H,35,36)/t26-,27-,30+,31+/m1/s1. The number of ether oxygens (including phenoxy) is 1. The van der Waals surface area contributed by atoms with E-state index in [-0.39, 0.29) is 18.4 Å². The van der Waals surface area contributed by atoms with Gasteiger partial charge in [0.1, 0.15) is 12.2 Å². The number of rotatable bonds is 16. The van der Waals surface area contributed by atoms with Gasteiger partial charge in [-0.25, -0.2) is 4.79 Å². The van der Waals surface area contributed by atoms with Gasteiger partial charge in [0.15, 0.2) is 0 Å². The van der Waals surface area contributed by atoms with Crippen LogP contribution in [-0.2, 0) is 27.2 Å². The van der Waals surface area contributed by atoms with Crippen molar-refractivity contribution < 1.29 is 34.4 Å². The highest BCUT2D eigenvalue weighted by atomic mass is 16.5. The van der Waals surface area contributed by atoms with E-state index in [9.17, 15) is 24.6 Å². The Morgan fingerprint density at radius 3 is 1.56 bits per heavy atom. The summed E-state index contributed by atoms with van der Waals surface area (Å²) in [5.41, 5.74) is 1.90. The third-order valence-corrected chi connectivity index (χ3v) is 7.80. The largest absolute Gasteiger partial charge is 0.481 e. The van der Waals surface area contributed by atoms with Crippen LogP contribution in [-0.4, -0.2) is 87.6 Å². The Bertz CT molecular complexity index is 1080. The Kier molecular flexibility index (Phi) is 13.1. The Labute approximate surface area is 242 Å². The molecular weight excluding hydrogens is 524 g/mol. The number of aliphatic hydroxyl groups is 2. The number of aliphatic hydroxyl groups excluding tert-OH is 2. The minimum absolute atomic E-state index is 0.0690. The molecule has 1 heterocycles. The van der Waals surface area contributed by atoms with Crippen LogP contribution in [0.25, 0.3) is 0 Å². The molecule has 0 aromatic heterocycles. The van der Waals surface area contributed by atoms with Crippen molar-refractivity contribution in [3.8, 4) is 0 Å². The number of carbonyl (C=O) groups is 3. The predicted octanol–water partition coefficient (Wildman–Crippen LogP) is 4.05. The van der Waals surface area contributed by atoms with Crippen molar-refractivity contribution in [3.05, 3.63) is 71.8 Å². The fourth-order valence-corrected chi connectivity index (χ4v) is 5.53. The molecule has 0 spiro atoms. The van der Waals surface area contributed by atoms with Gasteiger partial charge in [0.2, 0.25) is 0 Å². The maximum absolute atomic E-state index is 14.3. The molecule has 1 aliphatic heterocycles. The molecule has 41 heavy (non-hydrogen) atoms. The van der Waals surface area contributed by atoms with Crippen LogP contribution in [0.1, 0.15) is 62.5 Å². The monoisotopic (exact) mass is 568 g/mol. The van der Waals surface area contributed by atoms with E-state index in [0.717, 1.165) is 11.1 Å². The van der Waals surface area contributed by atoms with Crippen molar-refractivity contribution in [2.45, 2.75) is 88.5 Å². The maximum Gasteiger partial charge on any atom is 0.320 e. The number of nitrogens with zero attached hydrogens (tertiary/aromatic N) is 2. The molecule has 224 valence electrons. The number of methoxy groups -OCH3 is 1. The summed E-state index contributed by atoms with van der Waals surface area (Å²) in [5.74, 6) is -1.12. The van der Waals surface area contributed by atoms with Gasteiger partial charge in [-0.2, -0.15) is 0 Å². The highest BCUT2D eigenvalue weighted by molar-refractivity contribution is 5.76. The molecule has 0 saturated carbocycles. The van der Waals surface area contributed by atoms with Crippen molar-refractivity contribution in [3.63, 3.8) is 0 Å². The van der Waals surface area contributed by atoms with E-state index >= 15 is 0 Å². The fraction of sp³-hybridized carbons (Fsp3) is 0.531. The lowest BCUT2D eigenvalue weighted by atomic mass is 9.91. The Hall–Kier alpha value is -3.43. The third kappa shape index (κ3) is 9.86. The van der Waals surface area contributed by atoms with E-state index in [4.69, 9.17) is 9.84 Å². The summed E-state index contributed by atoms with van der Waals surface area (Å²) in [6.45, 7) is 0.714. The van der Waals surface area contributed by atoms with Gasteiger partial charge in [0, 0.05) is 25.9 Å². The maximum atomic E-state index is 14.3. The van der Waals surface area contributed by atoms with Gasteiger partial charge in [-0.3, -0.25) is 9.59 Å². The smallest absolute Gasteiger partial charge is 0.320 e. The van der Waals surface area contributed by atoms with E-state index in [1.54, 1.807) is 9.80 Å². The van der Waals surface area contributed by atoms with E-state index in [1.807, 2.05) is 60.7 Å². The van der Waals surface area contributed by atoms with Gasteiger partial charge in [0.25, 0.3) is 0 Å². The van der Waals surface area contributed by atoms with Gasteiger partial charge in [-0.15, -0.1) is 0 Å². The van der Waals surface area contributed by atoms with Crippen LogP contribution in [0.5, 0.6) is 0 Å². The average Bonchev–Trinajstić information content (AvgIpc) is 3.04. The average molecular weight is 569 g/mol. The van der Waals surface area contributed by atoms with Crippen LogP contribution >= 0.6 is 0 Å². The Morgan fingerprint density at radius 2 is 1.15 bits per heavy atom. The third-order valence-electron chi connectivity index (χ3n) is 7.80. The summed E-state index contributed by atoms with van der Waals surface area (Å²) in [5, 5.41) is 32.2. The second-order valence-corrected chi connectivity index (χ2v) is 10.8. The van der Waals surface area contributed by atoms with Crippen molar-refractivity contribution in [1.29, 1.82) is 0 Å². The molecule has 1 fully saturated rings. The molecule has 4 atom stereocenters. The van der Waals surface area contributed by atoms with Gasteiger partial charge in [-0.05, 0) is 49.7 Å². The summed E-state index contributed by atoms with van der Waals surface area (Å²) in [6.07, 6.45) is 2.47. The summed E-state index contributed by atoms with van der Waals surface area (Å²) in [4.78, 5) is 40.2. The number of aliphatic carboxylic acids is 1. The zero-order valence-electron chi connectivity index (χ0n) is 23.9. The van der Waals surface area contributed by atoms with Gasteiger partial charge < -0.3 is 29.9 Å². The molecule has 0 aliphatic carbocycles. The zero-order chi connectivity index (χ0) is 29.6. The lowest BCUT2D eigenvalue weighted by Gasteiger charge is -2.35. The van der Waals surface area contributed by atoms with Crippen molar-refractivity contribution in [2.24, 2.45) is 0 Å². The zero-order valence-corrected chi connectivity index (χ0v) is 23.9. The number of carboxylic acid groups (broad SMARTS) is 1. The second kappa shape index (κ2) is 16.7. The molecule has 2 amide bonds. The van der Waals surface area contributed by atoms with Crippen LogP contribution < -0.4 is 0 Å². The van der Waals surface area contributed by atoms with Crippen molar-refractivity contribution in [2.75, 3.05) is 20.2 Å². The minimum atomic E-state index is -1.18. The molecule has 9 heteroatoms. The number of carboxylic acids is 1. The molecule has 1 saturated heterocycles. The van der Waals surface area contributed by atoms with E-state index in [2.05, 4.69) is 0 Å². The summed E-state index contributed by atoms with van der Waals surface area (Å²) in [7, 11) is 1.36. The number of esters is 1. The fourth-order valence-electron chi connectivity index (χ4n) is 5.53. The van der Waals surface area contributed by atoms with Crippen LogP contribution in [0, 0.1) is 0 Å². The normalized spacial score (nSPS) is 21.0. The van der Waals surface area contributed by atoms with Gasteiger partial charge in [-0.1, -0.05) is 73.5 Å². The molecular formula is C32H44N2O7. The second-order valence-electron chi connectivity index (χ2n) is 10.8. The van der Waals surface area contributed by atoms with E-state index < -0.39 is 30.3 Å². The Balaban J connectivity index is 1.88. The van der Waals surface area contributed by atoms with Gasteiger partial charge in [0.05, 0.1) is 19.2 Å². The number of benzene rings is 2. The van der Waals surface area contributed by atoms with Crippen LogP contribution in [0.4, 0.5) is 4.79 Å². The first kappa shape index (κ1) is 32.1. The number of carbonyl (C=O) groups excluding carboxylic acids is 2. The summed E-state index contributed by atoms with van der Waals surface area (Å²) in [6, 6.07) is 17.7. The molecule has 3 N–H and O–H groups in total. The van der Waals surface area contributed by atoms with Crippen molar-refractivity contribution >= 4 is 18.0 Å². The predicted molar refractivity (Wildman–Crippen MR) is 155 cm³/mol. The highest BCUT2D eigenvalue weighted by Gasteiger charge is 2.45. The summed E-state index contributed by atoms with van der Waals surface area (Å²) >= 11 is 0. The highest BCUT2D eigenvalue weighted by Crippen LogP contribution is 2.28. The lowest BCUT2D eigenvalue weighted by Crippen LogP contribution is -2.51. The summed E-state index contributed by atoms with van der Waals surface area (Å²) < 4.78 is 4.73. The number of unbranched alkanes of at least 4 members (excludes halogenated alkanes) is 4. The first-order chi connectivity index (χ1) is 19.8. The first-order valence-electron chi connectivity index (χ1n) is 14.6. The molecule has 0 unspecified atom stereocenters. The number of hydrogen-bond acceptors (Lipinski definition) is 6. The molecule has 0 radical (unpaired) electrons. The van der Waals surface area contributed by atoms with E-state index in [1.165, 1.54) is 7.11 Å². The SMILES string of the molecule is COC(=O)CCCCCN1C(=O)N(CCCCCC(=O)O)[C@H](Cc2ccccc2)[C@H](O)[C@@H](O)[C@H]1Cc1ccccc1. The molecule has 2 aromatic rings. The number of urea groups is 1. The van der Waals surface area contributed by atoms with Crippen molar-refractivity contribution in [1.82, 2.24) is 9.80 Å². The van der Waals surface area contributed by atoms with Crippen LogP contribution in [0.3, 0.4) is 0 Å². The first-order valence-corrected chi connectivity index (χ1v) is 14.6. The molecule has 3 rings (SSSR count).